The molecule has 2 saturated heterocycles. The first kappa shape index (κ1) is 21.7. The normalized spacial score (nSPS) is 19.5. The molecule has 2 aliphatic rings. The number of carbonyl (C=O) groups is 2. The highest BCUT2D eigenvalue weighted by Crippen LogP contribution is 2.24. The summed E-state index contributed by atoms with van der Waals surface area (Å²) < 4.78 is 46.1. The predicted molar refractivity (Wildman–Crippen MR) is 104 cm³/mol. The molecule has 1 aromatic rings. The minimum atomic E-state index is -4.03. The average molecular weight is 427 g/mol. The highest BCUT2D eigenvalue weighted by atomic mass is 32.2. The minimum absolute atomic E-state index is 0.0606. The van der Waals surface area contributed by atoms with E-state index in [1.807, 2.05) is 0 Å². The van der Waals surface area contributed by atoms with Crippen LogP contribution in [0.2, 0.25) is 0 Å². The molecule has 2 aliphatic heterocycles. The third kappa shape index (κ3) is 5.52. The largest absolute Gasteiger partial charge is 0.379 e. The number of nitrogens with one attached hydrogen (secondary N) is 1. The monoisotopic (exact) mass is 427 g/mol. The van der Waals surface area contributed by atoms with Gasteiger partial charge >= 0.3 is 0 Å². The third-order valence-corrected chi connectivity index (χ3v) is 6.97. The van der Waals surface area contributed by atoms with Crippen molar-refractivity contribution in [2.75, 3.05) is 44.7 Å². The Labute approximate surface area is 170 Å². The van der Waals surface area contributed by atoms with E-state index >= 15 is 0 Å². The molecule has 10 heteroatoms. The summed E-state index contributed by atoms with van der Waals surface area (Å²) in [5.41, 5.74) is 0.169. The van der Waals surface area contributed by atoms with Gasteiger partial charge in [-0.25, -0.2) is 12.8 Å². The summed E-state index contributed by atoms with van der Waals surface area (Å²) in [4.78, 5) is 25.6. The lowest BCUT2D eigenvalue weighted by molar-refractivity contribution is -0.135. The first-order valence-corrected chi connectivity index (χ1v) is 11.3. The lowest BCUT2D eigenvalue weighted by Crippen LogP contribution is -2.41. The Morgan fingerprint density at radius 2 is 1.83 bits per heavy atom. The summed E-state index contributed by atoms with van der Waals surface area (Å²) in [6.45, 7) is 1.21. The van der Waals surface area contributed by atoms with E-state index in [9.17, 15) is 22.4 Å². The lowest BCUT2D eigenvalue weighted by atomic mass is 10.1. The van der Waals surface area contributed by atoms with E-state index in [0.717, 1.165) is 37.8 Å². The van der Waals surface area contributed by atoms with Crippen LogP contribution in [0.1, 0.15) is 32.1 Å². The summed E-state index contributed by atoms with van der Waals surface area (Å²) in [6.07, 6.45) is 4.12. The van der Waals surface area contributed by atoms with Crippen LogP contribution in [0.25, 0.3) is 0 Å². The quantitative estimate of drug-likeness (QED) is 0.770. The van der Waals surface area contributed by atoms with Crippen molar-refractivity contribution in [3.05, 3.63) is 24.0 Å². The molecule has 1 N–H and O–H groups in total. The lowest BCUT2D eigenvalue weighted by Gasteiger charge is -2.26. The van der Waals surface area contributed by atoms with Gasteiger partial charge in [-0.15, -0.1) is 0 Å². The molecule has 8 nitrogen and oxygen atoms in total. The Morgan fingerprint density at radius 1 is 1.10 bits per heavy atom. The zero-order valence-corrected chi connectivity index (χ0v) is 17.0. The Morgan fingerprint density at radius 3 is 2.59 bits per heavy atom. The van der Waals surface area contributed by atoms with Gasteiger partial charge < -0.3 is 15.0 Å². The number of rotatable bonds is 5. The maximum Gasteiger partial charge on any atom is 0.246 e. The van der Waals surface area contributed by atoms with Crippen molar-refractivity contribution in [1.82, 2.24) is 9.21 Å². The van der Waals surface area contributed by atoms with Crippen LogP contribution in [0.5, 0.6) is 0 Å². The maximum absolute atomic E-state index is 14.3. The average Bonchev–Trinajstić information content (AvgIpc) is 2.70. The fourth-order valence-corrected chi connectivity index (χ4v) is 4.96. The van der Waals surface area contributed by atoms with Crippen molar-refractivity contribution >= 4 is 27.5 Å². The third-order valence-electron chi connectivity index (χ3n) is 5.06. The molecular formula is C19H26FN3O5S. The molecule has 0 radical (unpaired) electrons. The molecule has 0 bridgehead atoms. The molecular weight excluding hydrogens is 401 g/mol. The number of benzene rings is 1. The molecule has 3 rings (SSSR count). The standard InChI is InChI=1S/C19H26FN3O5S/c20-16-7-6-15(13-17(16)29(26,27)23-9-11-28-12-10-23)21-18(24)14-22-8-4-2-1-3-5-19(22)25/h6-7,13H,1-5,8-12,14H2,(H,21,24). The summed E-state index contributed by atoms with van der Waals surface area (Å²) in [5, 5.41) is 2.58. The molecule has 0 aromatic heterocycles. The summed E-state index contributed by atoms with van der Waals surface area (Å²) >= 11 is 0. The van der Waals surface area contributed by atoms with Gasteiger partial charge in [-0.3, -0.25) is 9.59 Å². The molecule has 1 aromatic carbocycles. The minimum Gasteiger partial charge on any atom is -0.379 e. The number of halogens is 1. The van der Waals surface area contributed by atoms with Gasteiger partial charge in [0.1, 0.15) is 10.7 Å². The molecule has 2 fully saturated rings. The Kier molecular flexibility index (Phi) is 7.20. The van der Waals surface area contributed by atoms with Crippen LogP contribution in [0.3, 0.4) is 0 Å². The van der Waals surface area contributed by atoms with Crippen LogP contribution >= 0.6 is 0 Å². The van der Waals surface area contributed by atoms with E-state index in [2.05, 4.69) is 5.32 Å². The Balaban J connectivity index is 1.70. The number of amides is 2. The fraction of sp³-hybridized carbons (Fsp3) is 0.579. The van der Waals surface area contributed by atoms with Crippen molar-refractivity contribution in [3.8, 4) is 0 Å². The SMILES string of the molecule is O=C(CN1CCCCCCC1=O)Nc1ccc(F)c(S(=O)(=O)N2CCOCC2)c1. The number of sulfonamides is 1. The number of hydrogen-bond donors (Lipinski definition) is 1. The number of anilines is 1. The summed E-state index contributed by atoms with van der Waals surface area (Å²) in [5.74, 6) is -1.39. The van der Waals surface area contributed by atoms with Crippen LogP contribution in [0.4, 0.5) is 10.1 Å². The van der Waals surface area contributed by atoms with Crippen molar-refractivity contribution in [2.45, 2.75) is 37.0 Å². The molecule has 0 atom stereocenters. The maximum atomic E-state index is 14.3. The zero-order chi connectivity index (χ0) is 20.9. The van der Waals surface area contributed by atoms with E-state index in [1.165, 1.54) is 15.3 Å². The van der Waals surface area contributed by atoms with Gasteiger partial charge in [0.05, 0.1) is 19.8 Å². The van der Waals surface area contributed by atoms with Gasteiger partial charge in [0.25, 0.3) is 0 Å². The van der Waals surface area contributed by atoms with E-state index < -0.39 is 26.6 Å². The molecule has 0 unspecified atom stereocenters. The van der Waals surface area contributed by atoms with Crippen LogP contribution in [0.15, 0.2) is 23.1 Å². The molecule has 0 saturated carbocycles. The molecule has 2 amide bonds. The number of carbonyl (C=O) groups excluding carboxylic acids is 2. The molecule has 0 spiro atoms. The number of morpholine rings is 1. The Hall–Kier alpha value is -2.04. The van der Waals surface area contributed by atoms with Crippen LogP contribution in [-0.2, 0) is 24.3 Å². The Bertz CT molecular complexity index is 855. The van der Waals surface area contributed by atoms with Crippen LogP contribution < -0.4 is 5.32 Å². The van der Waals surface area contributed by atoms with Crippen molar-refractivity contribution in [1.29, 1.82) is 0 Å². The predicted octanol–water partition coefficient (Wildman–Crippen LogP) is 1.58. The highest BCUT2D eigenvalue weighted by Gasteiger charge is 2.29. The van der Waals surface area contributed by atoms with Crippen molar-refractivity contribution < 1.29 is 27.1 Å². The summed E-state index contributed by atoms with van der Waals surface area (Å²) in [6, 6.07) is 3.44. The van der Waals surface area contributed by atoms with Gasteiger partial charge in [0, 0.05) is 31.7 Å². The van der Waals surface area contributed by atoms with E-state index in [-0.39, 0.29) is 44.4 Å². The van der Waals surface area contributed by atoms with Gasteiger partial charge in [0.2, 0.25) is 21.8 Å². The second-order valence-electron chi connectivity index (χ2n) is 7.19. The first-order valence-electron chi connectivity index (χ1n) is 9.83. The van der Waals surface area contributed by atoms with Crippen molar-refractivity contribution in [2.24, 2.45) is 0 Å². The van der Waals surface area contributed by atoms with Crippen molar-refractivity contribution in [3.63, 3.8) is 0 Å². The zero-order valence-electron chi connectivity index (χ0n) is 16.2. The van der Waals surface area contributed by atoms with Gasteiger partial charge in [0.15, 0.2) is 0 Å². The topological polar surface area (TPSA) is 96.0 Å². The number of nitrogens with zero attached hydrogens (tertiary/aromatic N) is 2. The number of likely N-dealkylation sites (tertiary alicyclic amines) is 1. The fourth-order valence-electron chi connectivity index (χ4n) is 3.46. The molecule has 160 valence electrons. The first-order chi connectivity index (χ1) is 13.9. The molecule has 0 aliphatic carbocycles. The smallest absolute Gasteiger partial charge is 0.246 e. The highest BCUT2D eigenvalue weighted by molar-refractivity contribution is 7.89. The van der Waals surface area contributed by atoms with Gasteiger partial charge in [-0.2, -0.15) is 4.31 Å². The van der Waals surface area contributed by atoms with E-state index in [1.54, 1.807) is 0 Å². The number of ether oxygens (including phenoxy) is 1. The number of hydrogen-bond acceptors (Lipinski definition) is 5. The molecule has 29 heavy (non-hydrogen) atoms. The second kappa shape index (κ2) is 9.64. The van der Waals surface area contributed by atoms with Gasteiger partial charge in [-0.1, -0.05) is 12.8 Å². The van der Waals surface area contributed by atoms with E-state index in [0.29, 0.717) is 13.0 Å². The molecule has 2 heterocycles. The van der Waals surface area contributed by atoms with Crippen LogP contribution in [0, 0.1) is 5.82 Å². The van der Waals surface area contributed by atoms with Crippen LogP contribution in [-0.4, -0.2) is 68.8 Å². The second-order valence-corrected chi connectivity index (χ2v) is 9.10. The van der Waals surface area contributed by atoms with Gasteiger partial charge in [-0.05, 0) is 31.0 Å². The van der Waals surface area contributed by atoms with E-state index in [4.69, 9.17) is 4.74 Å². The summed E-state index contributed by atoms with van der Waals surface area (Å²) in [7, 11) is -4.03.